The van der Waals surface area contributed by atoms with Crippen LogP contribution in [0.15, 0.2) is 0 Å². The number of esters is 1. The van der Waals surface area contributed by atoms with Crippen molar-refractivity contribution in [3.63, 3.8) is 0 Å². The minimum absolute atomic E-state index is 0.156. The van der Waals surface area contributed by atoms with Crippen LogP contribution in [0, 0.1) is 11.8 Å². The lowest BCUT2D eigenvalue weighted by Gasteiger charge is -2.33. The van der Waals surface area contributed by atoms with Gasteiger partial charge in [-0.25, -0.2) is 4.79 Å². The van der Waals surface area contributed by atoms with E-state index in [1.54, 1.807) is 4.90 Å². The Bertz CT molecular complexity index is 334. The van der Waals surface area contributed by atoms with Crippen molar-refractivity contribution < 1.29 is 19.1 Å². The van der Waals surface area contributed by atoms with Crippen molar-refractivity contribution in [2.45, 2.75) is 32.8 Å². The summed E-state index contributed by atoms with van der Waals surface area (Å²) in [5.74, 6) is -0.0549. The third-order valence-corrected chi connectivity index (χ3v) is 3.15. The monoisotopic (exact) mass is 241 g/mol. The molecule has 0 aromatic carbocycles. The molecule has 96 valence electrons. The molecular weight excluding hydrogens is 222 g/mol. The first-order valence-electron chi connectivity index (χ1n) is 6.01. The van der Waals surface area contributed by atoms with Gasteiger partial charge in [-0.2, -0.15) is 0 Å². The van der Waals surface area contributed by atoms with E-state index in [-0.39, 0.29) is 23.9 Å². The van der Waals surface area contributed by atoms with E-state index < -0.39 is 5.60 Å². The number of hydrogen-bond donors (Lipinski definition) is 0. The summed E-state index contributed by atoms with van der Waals surface area (Å²) in [6, 6.07) is 0. The normalized spacial score (nSPS) is 28.6. The molecule has 1 amide bonds. The second-order valence-electron chi connectivity index (χ2n) is 5.71. The molecule has 0 radical (unpaired) electrons. The van der Waals surface area contributed by atoms with Gasteiger partial charge in [0.25, 0.3) is 0 Å². The van der Waals surface area contributed by atoms with Crippen LogP contribution in [-0.2, 0) is 14.3 Å². The van der Waals surface area contributed by atoms with Crippen LogP contribution in [0.5, 0.6) is 0 Å². The number of amides is 1. The molecule has 0 aromatic rings. The molecule has 0 N–H and O–H groups in total. The molecule has 2 rings (SSSR count). The van der Waals surface area contributed by atoms with E-state index in [1.807, 2.05) is 20.8 Å². The highest BCUT2D eigenvalue weighted by molar-refractivity contribution is 5.77. The highest BCUT2D eigenvalue weighted by Crippen LogP contribution is 2.30. The maximum absolute atomic E-state index is 11.9. The van der Waals surface area contributed by atoms with Gasteiger partial charge in [0.15, 0.2) is 0 Å². The van der Waals surface area contributed by atoms with Gasteiger partial charge in [0, 0.05) is 19.0 Å². The average Bonchev–Trinajstić information content (AvgIpc) is 2.57. The number of carbonyl (C=O) groups excluding carboxylic acids is 2. The predicted octanol–water partition coefficient (Wildman–Crippen LogP) is 1.42. The summed E-state index contributed by atoms with van der Waals surface area (Å²) >= 11 is 0. The quantitative estimate of drug-likeness (QED) is 0.602. The Labute approximate surface area is 101 Å². The van der Waals surface area contributed by atoms with Gasteiger partial charge in [-0.3, -0.25) is 4.79 Å². The number of piperidine rings is 1. The van der Waals surface area contributed by atoms with E-state index >= 15 is 0 Å². The lowest BCUT2D eigenvalue weighted by molar-refractivity contribution is -0.141. The minimum atomic E-state index is -0.496. The van der Waals surface area contributed by atoms with E-state index in [0.717, 1.165) is 6.42 Å². The lowest BCUT2D eigenvalue weighted by Crippen LogP contribution is -2.46. The summed E-state index contributed by atoms with van der Waals surface area (Å²) in [6.45, 7) is 7.08. The number of carbonyl (C=O) groups is 2. The molecule has 5 nitrogen and oxygen atoms in total. The second kappa shape index (κ2) is 4.20. The zero-order valence-electron chi connectivity index (χ0n) is 10.6. The average molecular weight is 241 g/mol. The number of cyclic esters (lactones) is 1. The fourth-order valence-corrected chi connectivity index (χ4v) is 2.26. The largest absolute Gasteiger partial charge is 0.465 e. The molecule has 2 saturated heterocycles. The summed E-state index contributed by atoms with van der Waals surface area (Å²) in [6.07, 6.45) is 0.478. The van der Waals surface area contributed by atoms with Gasteiger partial charge in [-0.1, -0.05) is 0 Å². The number of hydrogen-bond acceptors (Lipinski definition) is 4. The topological polar surface area (TPSA) is 55.8 Å². The smallest absolute Gasteiger partial charge is 0.410 e. The Morgan fingerprint density at radius 2 is 2.18 bits per heavy atom. The van der Waals surface area contributed by atoms with Crippen molar-refractivity contribution in [2.75, 3.05) is 19.7 Å². The van der Waals surface area contributed by atoms with Crippen LogP contribution in [-0.4, -0.2) is 42.3 Å². The molecular formula is C12H19NO4. The highest BCUT2D eigenvalue weighted by Gasteiger charge is 2.42. The summed E-state index contributed by atoms with van der Waals surface area (Å²) in [5.41, 5.74) is -0.496. The van der Waals surface area contributed by atoms with Crippen molar-refractivity contribution in [1.29, 1.82) is 0 Å². The molecule has 2 aliphatic heterocycles. The van der Waals surface area contributed by atoms with Gasteiger partial charge in [0.05, 0.1) is 12.5 Å². The van der Waals surface area contributed by atoms with Gasteiger partial charge in [0.2, 0.25) is 0 Å². The van der Waals surface area contributed by atoms with Crippen molar-refractivity contribution >= 4 is 12.1 Å². The fourth-order valence-electron chi connectivity index (χ4n) is 2.26. The fraction of sp³-hybridized carbons (Fsp3) is 0.833. The second-order valence-corrected chi connectivity index (χ2v) is 5.71. The first kappa shape index (κ1) is 12.2. The Morgan fingerprint density at radius 3 is 2.82 bits per heavy atom. The molecule has 5 heteroatoms. The molecule has 0 spiro atoms. The number of nitrogens with zero attached hydrogens (tertiary/aromatic N) is 1. The molecule has 2 aliphatic rings. The van der Waals surface area contributed by atoms with Crippen molar-refractivity contribution in [2.24, 2.45) is 11.8 Å². The maximum atomic E-state index is 11.9. The first-order valence-corrected chi connectivity index (χ1v) is 6.01. The van der Waals surface area contributed by atoms with Crippen LogP contribution >= 0.6 is 0 Å². The molecule has 17 heavy (non-hydrogen) atoms. The molecule has 2 heterocycles. The molecule has 2 atom stereocenters. The van der Waals surface area contributed by atoms with Crippen LogP contribution in [0.3, 0.4) is 0 Å². The summed E-state index contributed by atoms with van der Waals surface area (Å²) in [5, 5.41) is 0. The third-order valence-electron chi connectivity index (χ3n) is 3.15. The third kappa shape index (κ3) is 2.70. The van der Waals surface area contributed by atoms with E-state index in [1.165, 1.54) is 0 Å². The van der Waals surface area contributed by atoms with Crippen LogP contribution in [0.1, 0.15) is 27.2 Å². The van der Waals surface area contributed by atoms with Crippen LogP contribution in [0.2, 0.25) is 0 Å². The molecule has 0 unspecified atom stereocenters. The highest BCUT2D eigenvalue weighted by atomic mass is 16.6. The van der Waals surface area contributed by atoms with E-state index in [9.17, 15) is 9.59 Å². The molecule has 0 saturated carbocycles. The lowest BCUT2D eigenvalue weighted by atomic mass is 9.88. The Hall–Kier alpha value is -1.26. The van der Waals surface area contributed by atoms with Crippen LogP contribution < -0.4 is 0 Å². The summed E-state index contributed by atoms with van der Waals surface area (Å²) in [7, 11) is 0. The molecule has 0 aromatic heterocycles. The first-order chi connectivity index (χ1) is 7.87. The van der Waals surface area contributed by atoms with Crippen LogP contribution in [0.25, 0.3) is 0 Å². The van der Waals surface area contributed by atoms with Crippen molar-refractivity contribution in [1.82, 2.24) is 4.90 Å². The Kier molecular flexibility index (Phi) is 3.02. The zero-order valence-corrected chi connectivity index (χ0v) is 10.6. The maximum Gasteiger partial charge on any atom is 0.410 e. The Balaban J connectivity index is 1.95. The predicted molar refractivity (Wildman–Crippen MR) is 60.4 cm³/mol. The van der Waals surface area contributed by atoms with Gasteiger partial charge in [-0.05, 0) is 27.2 Å². The Morgan fingerprint density at radius 1 is 1.47 bits per heavy atom. The van der Waals surface area contributed by atoms with Gasteiger partial charge >= 0.3 is 12.1 Å². The molecule has 0 aliphatic carbocycles. The zero-order chi connectivity index (χ0) is 12.6. The van der Waals surface area contributed by atoms with E-state index in [0.29, 0.717) is 19.7 Å². The van der Waals surface area contributed by atoms with Crippen molar-refractivity contribution in [3.8, 4) is 0 Å². The van der Waals surface area contributed by atoms with Gasteiger partial charge in [-0.15, -0.1) is 0 Å². The van der Waals surface area contributed by atoms with Crippen LogP contribution in [0.4, 0.5) is 4.79 Å². The van der Waals surface area contributed by atoms with E-state index in [4.69, 9.17) is 9.47 Å². The number of likely N-dealkylation sites (tertiary alicyclic amines) is 1. The molecule has 0 bridgehead atoms. The SMILES string of the molecule is CC(C)(C)OC(=O)N1CC[C@H]2COC(=O)[C@H]2C1. The standard InChI is InChI=1S/C12H19NO4/c1-12(2,3)17-11(15)13-5-4-8-7-16-10(14)9(8)6-13/h8-9H,4-7H2,1-3H3/t8-,9-/m0/s1. The summed E-state index contributed by atoms with van der Waals surface area (Å²) in [4.78, 5) is 24.9. The van der Waals surface area contributed by atoms with Crippen molar-refractivity contribution in [3.05, 3.63) is 0 Å². The van der Waals surface area contributed by atoms with Gasteiger partial charge < -0.3 is 14.4 Å². The number of rotatable bonds is 0. The van der Waals surface area contributed by atoms with E-state index in [2.05, 4.69) is 0 Å². The molecule has 2 fully saturated rings. The number of ether oxygens (including phenoxy) is 2. The van der Waals surface area contributed by atoms with Gasteiger partial charge in [0.1, 0.15) is 5.60 Å². The number of fused-ring (bicyclic) bond motifs is 1. The summed E-state index contributed by atoms with van der Waals surface area (Å²) < 4.78 is 10.3. The minimum Gasteiger partial charge on any atom is -0.465 e.